The van der Waals surface area contributed by atoms with Gasteiger partial charge >= 0.3 is 12.2 Å². The predicted molar refractivity (Wildman–Crippen MR) is 235 cm³/mol. The van der Waals surface area contributed by atoms with Crippen molar-refractivity contribution >= 4 is 23.8 Å². The minimum absolute atomic E-state index is 0.0589. The number of likely N-dealkylation sites (tertiary alicyclic amines) is 2. The van der Waals surface area contributed by atoms with Crippen molar-refractivity contribution in [2.24, 2.45) is 0 Å². The molecule has 1 aliphatic carbocycles. The third-order valence-electron chi connectivity index (χ3n) is 11.5. The fourth-order valence-electron chi connectivity index (χ4n) is 8.42. The summed E-state index contributed by atoms with van der Waals surface area (Å²) in [6, 6.07) is 30.5. The van der Waals surface area contributed by atoms with Crippen LogP contribution in [0.5, 0.6) is 5.75 Å². The third-order valence-corrected chi connectivity index (χ3v) is 11.7. The van der Waals surface area contributed by atoms with Crippen molar-refractivity contribution in [1.82, 2.24) is 28.9 Å². The van der Waals surface area contributed by atoms with E-state index in [1.807, 2.05) is 75.0 Å². The second-order valence-electron chi connectivity index (χ2n) is 16.9. The van der Waals surface area contributed by atoms with E-state index < -0.39 is 5.60 Å². The molecule has 10 nitrogen and oxygen atoms in total. The largest absolute Gasteiger partial charge is 0.444 e. The molecule has 0 radical (unpaired) electrons. The topological polar surface area (TPSA) is 94.7 Å². The molecule has 0 spiro atoms. The second kappa shape index (κ2) is 18.4. The summed E-state index contributed by atoms with van der Waals surface area (Å²) >= 11 is 5.95. The van der Waals surface area contributed by atoms with Crippen molar-refractivity contribution < 1.29 is 23.5 Å². The average molecular weight is 843 g/mol. The molecular formula is C49H52ClFN6O4. The zero-order chi connectivity index (χ0) is 42.5. The first-order valence-corrected chi connectivity index (χ1v) is 21.6. The highest BCUT2D eigenvalue weighted by molar-refractivity contribution is 6.30. The predicted octanol–water partition coefficient (Wildman–Crippen LogP) is 11.9. The minimum atomic E-state index is -0.478. The van der Waals surface area contributed by atoms with Gasteiger partial charge in [-0.25, -0.2) is 23.9 Å². The van der Waals surface area contributed by atoms with Gasteiger partial charge in [0, 0.05) is 41.8 Å². The molecule has 2 saturated heterocycles. The molecule has 316 valence electrons. The number of carbonyl (C=O) groups excluding carboxylic acids is 2. The Morgan fingerprint density at radius 1 is 0.721 bits per heavy atom. The third kappa shape index (κ3) is 10.00. The molecule has 2 atom stereocenters. The highest BCUT2D eigenvalue weighted by atomic mass is 35.5. The van der Waals surface area contributed by atoms with E-state index in [0.29, 0.717) is 29.9 Å². The summed E-state index contributed by atoms with van der Waals surface area (Å²) in [5, 5.41) is 0.591. The van der Waals surface area contributed by atoms with Gasteiger partial charge in [-0.05, 0) is 119 Å². The van der Waals surface area contributed by atoms with Gasteiger partial charge in [-0.1, -0.05) is 72.3 Å². The number of hydrogen-bond donors (Lipinski definition) is 0. The van der Waals surface area contributed by atoms with Gasteiger partial charge in [-0.3, -0.25) is 0 Å². The summed E-state index contributed by atoms with van der Waals surface area (Å²) in [4.78, 5) is 38.2. The molecule has 2 aliphatic heterocycles. The van der Waals surface area contributed by atoms with Gasteiger partial charge in [0.1, 0.15) is 17.2 Å². The molecular weight excluding hydrogens is 791 g/mol. The number of benzene rings is 4. The normalized spacial score (nSPS) is 17.5. The Hall–Kier alpha value is -5.94. The molecule has 4 heterocycles. The van der Waals surface area contributed by atoms with Crippen LogP contribution in [0.1, 0.15) is 94.1 Å². The Morgan fingerprint density at radius 2 is 1.30 bits per heavy atom. The van der Waals surface area contributed by atoms with Crippen molar-refractivity contribution in [2.45, 2.75) is 96.0 Å². The van der Waals surface area contributed by atoms with Gasteiger partial charge in [0.15, 0.2) is 0 Å². The van der Waals surface area contributed by atoms with Gasteiger partial charge in [-0.2, -0.15) is 0 Å². The SMILES string of the molecule is CC(C)(C)OC(=O)N1CCCC1c1ccccc1-c1cncn1C1CC1.O=C(Oc1ccc(Cl)cc1)N1CCCC1c1ccccc1-c1cncn1CCc1ccc(F)cc1. The van der Waals surface area contributed by atoms with Crippen LogP contribution >= 0.6 is 11.6 Å². The van der Waals surface area contributed by atoms with Crippen LogP contribution in [0.4, 0.5) is 14.0 Å². The van der Waals surface area contributed by atoms with Crippen LogP contribution in [0.3, 0.4) is 0 Å². The molecule has 2 amide bonds. The number of hydrogen-bond acceptors (Lipinski definition) is 6. The smallest absolute Gasteiger partial charge is 0.415 e. The van der Waals surface area contributed by atoms with E-state index in [-0.39, 0.29) is 30.1 Å². The van der Waals surface area contributed by atoms with Crippen LogP contribution in [0.15, 0.2) is 122 Å². The minimum Gasteiger partial charge on any atom is -0.444 e. The highest BCUT2D eigenvalue weighted by Crippen LogP contribution is 2.43. The molecule has 2 aromatic heterocycles. The van der Waals surface area contributed by atoms with Gasteiger partial charge in [0.25, 0.3) is 0 Å². The zero-order valence-corrected chi connectivity index (χ0v) is 35.7. The summed E-state index contributed by atoms with van der Waals surface area (Å²) < 4.78 is 28.9. The van der Waals surface area contributed by atoms with Crippen LogP contribution < -0.4 is 4.74 Å². The van der Waals surface area contributed by atoms with Crippen molar-refractivity contribution in [3.05, 3.63) is 150 Å². The van der Waals surface area contributed by atoms with Crippen LogP contribution in [0.25, 0.3) is 22.5 Å². The quantitative estimate of drug-likeness (QED) is 0.144. The van der Waals surface area contributed by atoms with Crippen molar-refractivity contribution in [1.29, 1.82) is 0 Å². The van der Waals surface area contributed by atoms with E-state index in [1.165, 1.54) is 36.1 Å². The number of halogens is 2. The van der Waals surface area contributed by atoms with Gasteiger partial charge in [0.05, 0.1) is 48.5 Å². The number of carbonyl (C=O) groups is 2. The van der Waals surface area contributed by atoms with E-state index in [0.717, 1.165) is 66.7 Å². The number of ether oxygens (including phenoxy) is 2. The number of aromatic nitrogens is 4. The average Bonchev–Trinajstić information content (AvgIpc) is 3.72. The number of imidazole rings is 2. The Bertz CT molecular complexity index is 2440. The van der Waals surface area contributed by atoms with E-state index in [1.54, 1.807) is 29.2 Å². The molecule has 3 aliphatic rings. The van der Waals surface area contributed by atoms with E-state index in [4.69, 9.17) is 21.1 Å². The summed E-state index contributed by atoms with van der Waals surface area (Å²) in [5.41, 5.74) is 7.21. The van der Waals surface area contributed by atoms with Crippen molar-refractivity contribution in [3.63, 3.8) is 0 Å². The monoisotopic (exact) mass is 842 g/mol. The standard InChI is InChI=1S/C28H25ClFN3O2.C21H27N3O2/c29-21-9-13-23(14-10-21)35-28(34)33-16-3-6-26(33)24-4-1-2-5-25(24)27-18-31-19-32(27)17-15-20-7-11-22(30)12-8-20;1-21(2,3)26-20(25)23-12-6-9-18(23)16-7-4-5-8-17(16)19-13-22-14-24(19)15-10-11-15/h1-2,4-5,7-14,18-19,26H,3,6,15-17H2;4-5,7-8,13-15,18H,6,9-12H2,1-3H3. The summed E-state index contributed by atoms with van der Waals surface area (Å²) in [5.74, 6) is 0.235. The first kappa shape index (κ1) is 41.8. The van der Waals surface area contributed by atoms with Gasteiger partial charge in [0.2, 0.25) is 0 Å². The maximum Gasteiger partial charge on any atom is 0.415 e. The number of nitrogens with zero attached hydrogens (tertiary/aromatic N) is 6. The molecule has 4 aromatic carbocycles. The van der Waals surface area contributed by atoms with Gasteiger partial charge < -0.3 is 28.4 Å². The molecule has 3 fully saturated rings. The summed E-state index contributed by atoms with van der Waals surface area (Å²) in [6.07, 6.45) is 13.9. The molecule has 9 rings (SSSR count). The molecule has 0 bridgehead atoms. The van der Waals surface area contributed by atoms with E-state index in [9.17, 15) is 14.0 Å². The Balaban J connectivity index is 0.000000176. The summed E-state index contributed by atoms with van der Waals surface area (Å²) in [6.45, 7) is 7.84. The Labute approximate surface area is 361 Å². The lowest BCUT2D eigenvalue weighted by atomic mass is 9.96. The lowest BCUT2D eigenvalue weighted by molar-refractivity contribution is 0.0224. The molecule has 2 unspecified atom stereocenters. The second-order valence-corrected chi connectivity index (χ2v) is 17.4. The van der Waals surface area contributed by atoms with E-state index >= 15 is 0 Å². The van der Waals surface area contributed by atoms with Crippen LogP contribution in [0.2, 0.25) is 5.02 Å². The molecule has 1 saturated carbocycles. The van der Waals surface area contributed by atoms with Crippen LogP contribution in [0, 0.1) is 5.82 Å². The Kier molecular flexibility index (Phi) is 12.6. The fraction of sp³-hybridized carbons (Fsp3) is 0.347. The van der Waals surface area contributed by atoms with E-state index in [2.05, 4.69) is 55.5 Å². The summed E-state index contributed by atoms with van der Waals surface area (Å²) in [7, 11) is 0. The Morgan fingerprint density at radius 3 is 1.92 bits per heavy atom. The first-order valence-electron chi connectivity index (χ1n) is 21.2. The molecule has 0 N–H and O–H groups in total. The van der Waals surface area contributed by atoms with Crippen LogP contribution in [-0.2, 0) is 17.7 Å². The number of aryl methyl sites for hydroxylation is 2. The number of rotatable bonds is 9. The molecule has 6 aromatic rings. The molecule has 61 heavy (non-hydrogen) atoms. The maximum absolute atomic E-state index is 13.2. The lowest BCUT2D eigenvalue weighted by Crippen LogP contribution is -2.36. The number of amides is 2. The zero-order valence-electron chi connectivity index (χ0n) is 34.9. The van der Waals surface area contributed by atoms with Gasteiger partial charge in [-0.15, -0.1) is 0 Å². The van der Waals surface area contributed by atoms with Crippen molar-refractivity contribution in [3.8, 4) is 28.3 Å². The van der Waals surface area contributed by atoms with Crippen LogP contribution in [-0.4, -0.2) is 59.8 Å². The highest BCUT2D eigenvalue weighted by Gasteiger charge is 2.36. The first-order chi connectivity index (χ1) is 29.5. The molecule has 12 heteroatoms. The lowest BCUT2D eigenvalue weighted by Gasteiger charge is -2.30. The van der Waals surface area contributed by atoms with Crippen molar-refractivity contribution in [2.75, 3.05) is 13.1 Å². The maximum atomic E-state index is 13.2. The fourth-order valence-corrected chi connectivity index (χ4v) is 8.55.